The number of rotatable bonds is 3. The smallest absolute Gasteiger partial charge is 0.180 e. The minimum absolute atomic E-state index is 0.696. The van der Waals surface area contributed by atoms with E-state index in [0.29, 0.717) is 5.82 Å². The molecule has 5 aromatic rings. The zero-order chi connectivity index (χ0) is 21.5. The molecular formula is C23H27N7. The summed E-state index contributed by atoms with van der Waals surface area (Å²) in [6, 6.07) is 10.2. The van der Waals surface area contributed by atoms with Crippen molar-refractivity contribution in [1.29, 1.82) is 0 Å². The Balaban J connectivity index is 0.000000606. The Bertz CT molecular complexity index is 1220. The normalized spacial score (nSPS) is 10.2. The SMILES string of the molecule is CC.CC.Cc1ccc2cc(Nc3nccn4c(-c5cn[nH]c5)cnc34)ccc2n1. The Morgan fingerprint density at radius 2 is 1.80 bits per heavy atom. The van der Waals surface area contributed by atoms with E-state index in [1.807, 2.05) is 75.8 Å². The molecule has 0 bridgehead atoms. The fourth-order valence-corrected chi connectivity index (χ4v) is 3.05. The molecule has 0 aliphatic rings. The number of imidazole rings is 1. The second kappa shape index (κ2) is 9.65. The molecule has 0 radical (unpaired) electrons. The summed E-state index contributed by atoms with van der Waals surface area (Å²) in [5.74, 6) is 0.696. The van der Waals surface area contributed by atoms with Gasteiger partial charge in [-0.2, -0.15) is 5.10 Å². The molecule has 0 saturated carbocycles. The first-order valence-electron chi connectivity index (χ1n) is 10.2. The van der Waals surface area contributed by atoms with Crippen LogP contribution in [0.4, 0.5) is 11.5 Å². The summed E-state index contributed by atoms with van der Waals surface area (Å²) in [6.45, 7) is 9.99. The van der Waals surface area contributed by atoms with E-state index >= 15 is 0 Å². The van der Waals surface area contributed by atoms with E-state index in [4.69, 9.17) is 0 Å². The third-order valence-electron chi connectivity index (χ3n) is 4.31. The predicted molar refractivity (Wildman–Crippen MR) is 123 cm³/mol. The van der Waals surface area contributed by atoms with Gasteiger partial charge in [-0.25, -0.2) is 9.97 Å². The van der Waals surface area contributed by atoms with Crippen LogP contribution < -0.4 is 5.32 Å². The third-order valence-corrected chi connectivity index (χ3v) is 4.31. The fraction of sp³-hybridized carbons (Fsp3) is 0.217. The number of aromatic amines is 1. The van der Waals surface area contributed by atoms with Crippen LogP contribution in [0.5, 0.6) is 0 Å². The van der Waals surface area contributed by atoms with Crippen LogP contribution in [0.3, 0.4) is 0 Å². The van der Waals surface area contributed by atoms with Crippen molar-refractivity contribution in [3.05, 3.63) is 67.0 Å². The molecule has 0 unspecified atom stereocenters. The van der Waals surface area contributed by atoms with Crippen molar-refractivity contribution in [2.45, 2.75) is 34.6 Å². The molecule has 154 valence electrons. The minimum atomic E-state index is 0.696. The van der Waals surface area contributed by atoms with Crippen molar-refractivity contribution in [2.24, 2.45) is 0 Å². The number of anilines is 2. The maximum Gasteiger partial charge on any atom is 0.180 e. The number of pyridine rings is 1. The van der Waals surface area contributed by atoms with Crippen LogP contribution >= 0.6 is 0 Å². The first kappa shape index (κ1) is 21.0. The van der Waals surface area contributed by atoms with Crippen molar-refractivity contribution in [3.63, 3.8) is 0 Å². The molecule has 1 aromatic carbocycles. The third kappa shape index (κ3) is 4.15. The van der Waals surface area contributed by atoms with Gasteiger partial charge in [-0.1, -0.05) is 33.8 Å². The Hall–Kier alpha value is -3.74. The summed E-state index contributed by atoms with van der Waals surface area (Å²) in [5.41, 5.74) is 5.61. The van der Waals surface area contributed by atoms with Crippen LogP contribution in [-0.4, -0.2) is 29.5 Å². The molecule has 7 nitrogen and oxygen atoms in total. The van der Waals surface area contributed by atoms with Gasteiger partial charge < -0.3 is 5.32 Å². The number of nitrogens with zero attached hydrogens (tertiary/aromatic N) is 5. The number of H-pyrrole nitrogens is 1. The first-order chi connectivity index (χ1) is 14.8. The lowest BCUT2D eigenvalue weighted by Gasteiger charge is -2.08. The summed E-state index contributed by atoms with van der Waals surface area (Å²) in [6.07, 6.45) is 9.08. The van der Waals surface area contributed by atoms with Crippen LogP contribution in [0.1, 0.15) is 33.4 Å². The lowest BCUT2D eigenvalue weighted by Crippen LogP contribution is -1.98. The van der Waals surface area contributed by atoms with Crippen LogP contribution in [0.25, 0.3) is 27.8 Å². The number of aryl methyl sites for hydroxylation is 1. The molecule has 7 heteroatoms. The molecule has 4 aromatic heterocycles. The van der Waals surface area contributed by atoms with Gasteiger partial charge in [-0.3, -0.25) is 14.5 Å². The van der Waals surface area contributed by atoms with Gasteiger partial charge in [0.2, 0.25) is 0 Å². The predicted octanol–water partition coefficient (Wildman–Crippen LogP) is 5.77. The van der Waals surface area contributed by atoms with E-state index in [0.717, 1.165) is 39.2 Å². The summed E-state index contributed by atoms with van der Waals surface area (Å²) < 4.78 is 1.99. The zero-order valence-corrected chi connectivity index (χ0v) is 18.0. The van der Waals surface area contributed by atoms with Gasteiger partial charge in [0.1, 0.15) is 0 Å². The van der Waals surface area contributed by atoms with Crippen molar-refractivity contribution >= 4 is 28.1 Å². The second-order valence-electron chi connectivity index (χ2n) is 6.08. The molecule has 0 saturated heterocycles. The molecule has 0 aliphatic heterocycles. The fourth-order valence-electron chi connectivity index (χ4n) is 3.05. The second-order valence-corrected chi connectivity index (χ2v) is 6.08. The van der Waals surface area contributed by atoms with E-state index in [2.05, 4.69) is 42.6 Å². The molecule has 5 rings (SSSR count). The van der Waals surface area contributed by atoms with Crippen LogP contribution in [-0.2, 0) is 0 Å². The lowest BCUT2D eigenvalue weighted by molar-refractivity contribution is 1.09. The Morgan fingerprint density at radius 1 is 0.967 bits per heavy atom. The van der Waals surface area contributed by atoms with E-state index in [1.54, 1.807) is 12.4 Å². The number of aromatic nitrogens is 6. The first-order valence-corrected chi connectivity index (χ1v) is 10.2. The Kier molecular flexibility index (Phi) is 6.75. The molecule has 0 aliphatic carbocycles. The maximum atomic E-state index is 4.54. The minimum Gasteiger partial charge on any atom is -0.337 e. The van der Waals surface area contributed by atoms with Crippen molar-refractivity contribution in [3.8, 4) is 11.3 Å². The summed E-state index contributed by atoms with van der Waals surface area (Å²) >= 11 is 0. The molecule has 4 heterocycles. The van der Waals surface area contributed by atoms with Crippen molar-refractivity contribution < 1.29 is 0 Å². The highest BCUT2D eigenvalue weighted by molar-refractivity contribution is 5.84. The highest BCUT2D eigenvalue weighted by Crippen LogP contribution is 2.26. The standard InChI is InChI=1S/C19H15N7.2C2H6/c1-12-2-3-13-8-15(4-5-16(13)24-12)25-18-19-21-11-17(14-9-22-23-10-14)26(19)7-6-20-18;2*1-2/h2-11H,1H3,(H,20,25)(H,22,23);2*1-2H3. The molecule has 0 amide bonds. The van der Waals surface area contributed by atoms with Crippen molar-refractivity contribution in [2.75, 3.05) is 5.32 Å². The highest BCUT2D eigenvalue weighted by Gasteiger charge is 2.11. The van der Waals surface area contributed by atoms with E-state index in [9.17, 15) is 0 Å². The van der Waals surface area contributed by atoms with Crippen LogP contribution in [0.2, 0.25) is 0 Å². The van der Waals surface area contributed by atoms with Gasteiger partial charge in [0, 0.05) is 40.9 Å². The molecule has 0 fully saturated rings. The Morgan fingerprint density at radius 3 is 2.57 bits per heavy atom. The molecular weight excluding hydrogens is 374 g/mol. The van der Waals surface area contributed by atoms with E-state index in [1.165, 1.54) is 0 Å². The molecule has 30 heavy (non-hydrogen) atoms. The zero-order valence-electron chi connectivity index (χ0n) is 18.0. The van der Waals surface area contributed by atoms with E-state index < -0.39 is 0 Å². The largest absolute Gasteiger partial charge is 0.337 e. The number of fused-ring (bicyclic) bond motifs is 2. The highest BCUT2D eigenvalue weighted by atomic mass is 15.1. The molecule has 2 N–H and O–H groups in total. The number of hydrogen-bond donors (Lipinski definition) is 2. The number of nitrogens with one attached hydrogen (secondary N) is 2. The van der Waals surface area contributed by atoms with Gasteiger partial charge in [-0.05, 0) is 31.2 Å². The summed E-state index contributed by atoms with van der Waals surface area (Å²) in [4.78, 5) is 13.5. The van der Waals surface area contributed by atoms with Gasteiger partial charge in [0.05, 0.1) is 23.6 Å². The number of benzene rings is 1. The lowest BCUT2D eigenvalue weighted by atomic mass is 10.2. The average molecular weight is 402 g/mol. The topological polar surface area (TPSA) is 83.8 Å². The monoisotopic (exact) mass is 401 g/mol. The molecule has 0 spiro atoms. The maximum absolute atomic E-state index is 4.54. The summed E-state index contributed by atoms with van der Waals surface area (Å²) in [7, 11) is 0. The summed E-state index contributed by atoms with van der Waals surface area (Å²) in [5, 5.41) is 11.3. The van der Waals surface area contributed by atoms with Gasteiger partial charge in [0.15, 0.2) is 11.5 Å². The van der Waals surface area contributed by atoms with Gasteiger partial charge >= 0.3 is 0 Å². The number of hydrogen-bond acceptors (Lipinski definition) is 5. The average Bonchev–Trinajstić information content (AvgIpc) is 3.47. The molecule has 0 atom stereocenters. The van der Waals surface area contributed by atoms with Crippen molar-refractivity contribution in [1.82, 2.24) is 29.5 Å². The quantitative estimate of drug-likeness (QED) is 0.401. The van der Waals surface area contributed by atoms with Gasteiger partial charge in [0.25, 0.3) is 0 Å². The van der Waals surface area contributed by atoms with Gasteiger partial charge in [-0.15, -0.1) is 0 Å². The Labute approximate surface area is 176 Å². The van der Waals surface area contributed by atoms with Crippen LogP contribution in [0, 0.1) is 6.92 Å². The van der Waals surface area contributed by atoms with Crippen LogP contribution in [0.15, 0.2) is 61.3 Å². The van der Waals surface area contributed by atoms with E-state index in [-0.39, 0.29) is 0 Å².